The van der Waals surface area contributed by atoms with Gasteiger partial charge in [-0.3, -0.25) is 9.59 Å². The number of carbonyl (C=O) groups is 1. The normalized spacial score (nSPS) is 8.82. The summed E-state index contributed by atoms with van der Waals surface area (Å²) in [5.74, 6) is -0.205. The number of rotatable bonds is 4. The third-order valence-electron chi connectivity index (χ3n) is 1.75. The summed E-state index contributed by atoms with van der Waals surface area (Å²) >= 11 is 3.20. The van der Waals surface area contributed by atoms with Gasteiger partial charge in [-0.25, -0.2) is 0 Å². The van der Waals surface area contributed by atoms with Crippen molar-refractivity contribution in [1.29, 1.82) is 0 Å². The molecule has 0 saturated carbocycles. The number of aromatic amines is 1. The fraction of sp³-hybridized carbons (Fsp3) is 0.333. The van der Waals surface area contributed by atoms with Crippen LogP contribution < -0.4 is 16.6 Å². The first kappa shape index (κ1) is 18.8. The fourth-order valence-electron chi connectivity index (χ4n) is 1.03. The number of anilines is 1. The Morgan fingerprint density at radius 3 is 2.71 bits per heavy atom. The van der Waals surface area contributed by atoms with E-state index in [0.717, 1.165) is 0 Å². The van der Waals surface area contributed by atoms with Gasteiger partial charge in [0.15, 0.2) is 0 Å². The van der Waals surface area contributed by atoms with Crippen LogP contribution >= 0.6 is 40.7 Å². The molecule has 0 unspecified atom stereocenters. The minimum Gasteiger partial charge on any atom is -0.330 e. The molecule has 8 heteroatoms. The van der Waals surface area contributed by atoms with Gasteiger partial charge in [0.2, 0.25) is 5.91 Å². The van der Waals surface area contributed by atoms with E-state index in [4.69, 9.17) is 5.73 Å². The van der Waals surface area contributed by atoms with Crippen LogP contribution in [-0.2, 0) is 4.79 Å². The smallest absolute Gasteiger partial charge is 0.271 e. The highest BCUT2D eigenvalue weighted by atomic mass is 79.9. The van der Waals surface area contributed by atoms with E-state index in [1.54, 1.807) is 6.07 Å². The maximum absolute atomic E-state index is 11.3. The van der Waals surface area contributed by atoms with Crippen LogP contribution in [0.2, 0.25) is 0 Å². The molecule has 4 N–H and O–H groups in total. The lowest BCUT2D eigenvalue weighted by molar-refractivity contribution is -0.116. The molecule has 1 aromatic heterocycles. The van der Waals surface area contributed by atoms with Crippen LogP contribution in [0.1, 0.15) is 12.8 Å². The van der Waals surface area contributed by atoms with E-state index >= 15 is 0 Å². The summed E-state index contributed by atoms with van der Waals surface area (Å²) in [5, 5.41) is 2.52. The Bertz CT molecular complexity index is 411. The highest BCUT2D eigenvalue weighted by Gasteiger charge is 2.05. The van der Waals surface area contributed by atoms with Crippen molar-refractivity contribution in [2.24, 2.45) is 5.73 Å². The zero-order chi connectivity index (χ0) is 11.3. The van der Waals surface area contributed by atoms with Crippen molar-refractivity contribution in [3.05, 3.63) is 27.1 Å². The van der Waals surface area contributed by atoms with E-state index in [1.807, 2.05) is 0 Å². The van der Waals surface area contributed by atoms with Gasteiger partial charge >= 0.3 is 0 Å². The summed E-state index contributed by atoms with van der Waals surface area (Å²) in [6, 6.07) is 1.55. The molecule has 1 heterocycles. The highest BCUT2D eigenvalue weighted by Crippen LogP contribution is 2.10. The Kier molecular flexibility index (Phi) is 10.5. The minimum atomic E-state index is -0.320. The predicted octanol–water partition coefficient (Wildman–Crippen LogP) is 1.66. The summed E-state index contributed by atoms with van der Waals surface area (Å²) in [5.41, 5.74) is 5.19. The van der Waals surface area contributed by atoms with E-state index in [1.165, 1.54) is 6.20 Å². The molecule has 0 aliphatic carbocycles. The van der Waals surface area contributed by atoms with Crippen molar-refractivity contribution >= 4 is 52.3 Å². The van der Waals surface area contributed by atoms with Crippen molar-refractivity contribution in [3.63, 3.8) is 0 Å². The molecule has 0 spiro atoms. The lowest BCUT2D eigenvalue weighted by Gasteiger charge is -2.03. The minimum absolute atomic E-state index is 0. The van der Waals surface area contributed by atoms with E-state index in [0.29, 0.717) is 23.9 Å². The first-order valence-electron chi connectivity index (χ1n) is 4.51. The van der Waals surface area contributed by atoms with Crippen LogP contribution in [0.4, 0.5) is 5.69 Å². The number of nitrogens with one attached hydrogen (secondary N) is 2. The fourth-order valence-corrected chi connectivity index (χ4v) is 1.37. The summed E-state index contributed by atoms with van der Waals surface area (Å²) in [6.07, 6.45) is 2.44. The quantitative estimate of drug-likeness (QED) is 0.774. The predicted molar refractivity (Wildman–Crippen MR) is 76.2 cm³/mol. The van der Waals surface area contributed by atoms with Gasteiger partial charge in [-0.15, -0.1) is 24.8 Å². The standard InChI is InChI=1S/C9H12BrN3O2.2ClH/c10-6-4-7(9(15)12-5-6)13-8(14)2-1-3-11;;/h4-5H,1-3,11H2,(H,12,15)(H,13,14);2*1H. The maximum atomic E-state index is 11.3. The van der Waals surface area contributed by atoms with Gasteiger partial charge in [-0.05, 0) is 35.0 Å². The van der Waals surface area contributed by atoms with E-state index in [-0.39, 0.29) is 42.0 Å². The molecule has 17 heavy (non-hydrogen) atoms. The maximum Gasteiger partial charge on any atom is 0.271 e. The summed E-state index contributed by atoms with van der Waals surface area (Å²) in [7, 11) is 0. The lowest BCUT2D eigenvalue weighted by Crippen LogP contribution is -2.20. The SMILES string of the molecule is Cl.Cl.NCCCC(=O)Nc1cc(Br)c[nH]c1=O. The molecule has 0 bridgehead atoms. The van der Waals surface area contributed by atoms with Gasteiger partial charge in [0.25, 0.3) is 5.56 Å². The number of pyridine rings is 1. The molecule has 0 aromatic carbocycles. The number of hydrogen-bond donors (Lipinski definition) is 3. The van der Waals surface area contributed by atoms with E-state index in [2.05, 4.69) is 26.2 Å². The molecule has 98 valence electrons. The Morgan fingerprint density at radius 2 is 2.12 bits per heavy atom. The molecule has 0 radical (unpaired) electrons. The summed E-state index contributed by atoms with van der Waals surface area (Å²) in [4.78, 5) is 25.1. The number of halogens is 3. The van der Waals surface area contributed by atoms with Gasteiger partial charge < -0.3 is 16.0 Å². The van der Waals surface area contributed by atoms with Crippen LogP contribution in [0.5, 0.6) is 0 Å². The zero-order valence-electron chi connectivity index (χ0n) is 8.86. The van der Waals surface area contributed by atoms with Crippen molar-refractivity contribution in [3.8, 4) is 0 Å². The van der Waals surface area contributed by atoms with Crippen molar-refractivity contribution in [2.75, 3.05) is 11.9 Å². The average molecular weight is 347 g/mol. The third-order valence-corrected chi connectivity index (χ3v) is 2.21. The zero-order valence-corrected chi connectivity index (χ0v) is 12.1. The first-order chi connectivity index (χ1) is 7.13. The van der Waals surface area contributed by atoms with Crippen molar-refractivity contribution in [2.45, 2.75) is 12.8 Å². The third kappa shape index (κ3) is 6.68. The average Bonchev–Trinajstić information content (AvgIpc) is 2.20. The largest absolute Gasteiger partial charge is 0.330 e. The Morgan fingerprint density at radius 1 is 1.47 bits per heavy atom. The van der Waals surface area contributed by atoms with Gasteiger partial charge in [0, 0.05) is 17.1 Å². The van der Waals surface area contributed by atoms with Gasteiger partial charge in [0.1, 0.15) is 5.69 Å². The van der Waals surface area contributed by atoms with Crippen LogP contribution in [0.25, 0.3) is 0 Å². The van der Waals surface area contributed by atoms with E-state index < -0.39 is 0 Å². The molecule has 0 fully saturated rings. The Hall–Kier alpha value is -0.560. The molecule has 0 saturated heterocycles. The van der Waals surface area contributed by atoms with Crippen LogP contribution in [-0.4, -0.2) is 17.4 Å². The summed E-state index contributed by atoms with van der Waals surface area (Å²) < 4.78 is 0.705. The molecule has 0 atom stereocenters. The topological polar surface area (TPSA) is 88.0 Å². The lowest BCUT2D eigenvalue weighted by atomic mass is 10.3. The number of aromatic nitrogens is 1. The molecular weight excluding hydrogens is 333 g/mol. The van der Waals surface area contributed by atoms with Crippen LogP contribution in [0.15, 0.2) is 21.5 Å². The second-order valence-electron chi connectivity index (χ2n) is 3.00. The molecule has 1 amide bonds. The molecule has 1 rings (SSSR count). The second kappa shape index (κ2) is 9.47. The molecule has 5 nitrogen and oxygen atoms in total. The Balaban J connectivity index is 0. The van der Waals surface area contributed by atoms with Gasteiger partial charge in [-0.1, -0.05) is 0 Å². The number of nitrogens with two attached hydrogens (primary N) is 1. The molecule has 0 aliphatic heterocycles. The number of amides is 1. The number of carbonyl (C=O) groups excluding carboxylic acids is 1. The molecule has 0 aliphatic rings. The van der Waals surface area contributed by atoms with Crippen LogP contribution in [0.3, 0.4) is 0 Å². The molecule has 1 aromatic rings. The van der Waals surface area contributed by atoms with E-state index in [9.17, 15) is 9.59 Å². The second-order valence-corrected chi connectivity index (χ2v) is 3.92. The molecular formula is C9H14BrCl2N3O2. The van der Waals surface area contributed by atoms with Gasteiger partial charge in [0.05, 0.1) is 0 Å². The number of H-pyrrole nitrogens is 1. The monoisotopic (exact) mass is 345 g/mol. The summed E-state index contributed by atoms with van der Waals surface area (Å²) in [6.45, 7) is 0.461. The highest BCUT2D eigenvalue weighted by molar-refractivity contribution is 9.10. The van der Waals surface area contributed by atoms with Crippen LogP contribution in [0, 0.1) is 0 Å². The first-order valence-corrected chi connectivity index (χ1v) is 5.31. The van der Waals surface area contributed by atoms with Crippen molar-refractivity contribution in [1.82, 2.24) is 4.98 Å². The number of hydrogen-bond acceptors (Lipinski definition) is 3. The van der Waals surface area contributed by atoms with Crippen molar-refractivity contribution < 1.29 is 4.79 Å². The van der Waals surface area contributed by atoms with Gasteiger partial charge in [-0.2, -0.15) is 0 Å². The Labute approximate surface area is 119 Å².